The van der Waals surface area contributed by atoms with Gasteiger partial charge in [0.15, 0.2) is 0 Å². The molecule has 0 spiro atoms. The number of nitrogens with zero attached hydrogens (tertiary/aromatic N) is 3. The Balaban J connectivity index is 2.52. The van der Waals surface area contributed by atoms with E-state index in [1.54, 1.807) is 12.1 Å². The van der Waals surface area contributed by atoms with Gasteiger partial charge in [0.1, 0.15) is 0 Å². The number of aromatic nitrogens is 3. The van der Waals surface area contributed by atoms with Crippen LogP contribution in [0.2, 0.25) is 10.0 Å². The van der Waals surface area contributed by atoms with Gasteiger partial charge in [0, 0.05) is 5.02 Å². The molecule has 1 aromatic heterocycles. The van der Waals surface area contributed by atoms with Crippen LogP contribution in [0.5, 0.6) is 0 Å². The molecule has 0 aliphatic heterocycles. The molecule has 0 atom stereocenters. The Morgan fingerprint density at radius 1 is 1.39 bits per heavy atom. The fourth-order valence-electron chi connectivity index (χ4n) is 1.53. The zero-order chi connectivity index (χ0) is 13.3. The first-order valence-electron chi connectivity index (χ1n) is 5.06. The second-order valence-corrected chi connectivity index (χ2v) is 4.57. The first-order valence-corrected chi connectivity index (χ1v) is 5.82. The van der Waals surface area contributed by atoms with Gasteiger partial charge >= 0.3 is 5.97 Å². The predicted octanol–water partition coefficient (Wildman–Crippen LogP) is 2.51. The molecule has 18 heavy (non-hydrogen) atoms. The molecule has 1 heterocycles. The van der Waals surface area contributed by atoms with Gasteiger partial charge in [0.05, 0.1) is 29.0 Å². The summed E-state index contributed by atoms with van der Waals surface area (Å²) in [6.07, 6.45) is 1.20. The number of hydrogen-bond donors (Lipinski definition) is 1. The number of halogens is 2. The van der Waals surface area contributed by atoms with E-state index < -0.39 is 5.97 Å². The third-order valence-electron chi connectivity index (χ3n) is 2.41. The van der Waals surface area contributed by atoms with E-state index in [0.29, 0.717) is 21.4 Å². The second kappa shape index (κ2) is 4.96. The zero-order valence-corrected chi connectivity index (χ0v) is 10.9. The summed E-state index contributed by atoms with van der Waals surface area (Å²) in [4.78, 5) is 10.7. The van der Waals surface area contributed by atoms with Gasteiger partial charge in [-0.05, 0) is 24.6 Å². The van der Waals surface area contributed by atoms with Gasteiger partial charge in [0.2, 0.25) is 0 Å². The summed E-state index contributed by atoms with van der Waals surface area (Å²) in [5.41, 5.74) is 1.79. The van der Waals surface area contributed by atoms with Gasteiger partial charge in [-0.3, -0.25) is 4.79 Å². The van der Waals surface area contributed by atoms with Crippen molar-refractivity contribution in [1.82, 2.24) is 15.0 Å². The first kappa shape index (κ1) is 12.9. The Morgan fingerprint density at radius 2 is 2.11 bits per heavy atom. The maximum atomic E-state index is 10.7. The molecule has 0 saturated heterocycles. The van der Waals surface area contributed by atoms with Crippen molar-refractivity contribution in [3.8, 4) is 5.69 Å². The van der Waals surface area contributed by atoms with Crippen LogP contribution in [0, 0.1) is 6.92 Å². The number of rotatable bonds is 3. The van der Waals surface area contributed by atoms with Crippen molar-refractivity contribution < 1.29 is 9.90 Å². The molecule has 5 nitrogen and oxygen atoms in total. The fourth-order valence-corrected chi connectivity index (χ4v) is 1.99. The largest absolute Gasteiger partial charge is 0.481 e. The summed E-state index contributed by atoms with van der Waals surface area (Å²) in [5.74, 6) is -0.965. The topological polar surface area (TPSA) is 68.0 Å². The molecule has 0 amide bonds. The van der Waals surface area contributed by atoms with Crippen LogP contribution < -0.4 is 0 Å². The van der Waals surface area contributed by atoms with E-state index >= 15 is 0 Å². The van der Waals surface area contributed by atoms with Crippen LogP contribution in [0.1, 0.15) is 11.3 Å². The van der Waals surface area contributed by atoms with Crippen molar-refractivity contribution >= 4 is 29.2 Å². The Kier molecular flexibility index (Phi) is 3.54. The average molecular weight is 286 g/mol. The van der Waals surface area contributed by atoms with Crippen molar-refractivity contribution in [2.24, 2.45) is 0 Å². The number of carboxylic acid groups (broad SMARTS) is 1. The SMILES string of the molecule is Cc1cc(Cl)c(-n2nncc2CC(=O)O)cc1Cl. The minimum atomic E-state index is -0.965. The number of aliphatic carboxylic acids is 1. The van der Waals surface area contributed by atoms with Crippen molar-refractivity contribution in [2.45, 2.75) is 13.3 Å². The molecular formula is C11H9Cl2N3O2. The van der Waals surface area contributed by atoms with Crippen LogP contribution in [0.4, 0.5) is 0 Å². The minimum absolute atomic E-state index is 0.186. The van der Waals surface area contributed by atoms with Crippen molar-refractivity contribution in [2.75, 3.05) is 0 Å². The van der Waals surface area contributed by atoms with E-state index in [1.165, 1.54) is 10.9 Å². The highest BCUT2D eigenvalue weighted by atomic mass is 35.5. The number of carbonyl (C=O) groups is 1. The lowest BCUT2D eigenvalue weighted by molar-refractivity contribution is -0.136. The minimum Gasteiger partial charge on any atom is -0.481 e. The zero-order valence-electron chi connectivity index (χ0n) is 9.39. The smallest absolute Gasteiger partial charge is 0.309 e. The van der Waals surface area contributed by atoms with Crippen LogP contribution in [0.15, 0.2) is 18.3 Å². The molecular weight excluding hydrogens is 277 g/mol. The summed E-state index contributed by atoms with van der Waals surface area (Å²) in [6, 6.07) is 3.34. The van der Waals surface area contributed by atoms with Crippen LogP contribution in [-0.2, 0) is 11.2 Å². The molecule has 0 aliphatic rings. The van der Waals surface area contributed by atoms with E-state index in [1.807, 2.05) is 6.92 Å². The van der Waals surface area contributed by atoms with E-state index in [-0.39, 0.29) is 6.42 Å². The third-order valence-corrected chi connectivity index (χ3v) is 3.12. The molecule has 1 N–H and O–H groups in total. The highest BCUT2D eigenvalue weighted by molar-refractivity contribution is 6.35. The molecule has 0 bridgehead atoms. The Hall–Kier alpha value is -1.59. The number of hydrogen-bond acceptors (Lipinski definition) is 3. The van der Waals surface area contributed by atoms with E-state index in [9.17, 15) is 4.79 Å². The van der Waals surface area contributed by atoms with Gasteiger partial charge in [-0.1, -0.05) is 28.4 Å². The lowest BCUT2D eigenvalue weighted by atomic mass is 10.2. The van der Waals surface area contributed by atoms with Gasteiger partial charge in [-0.25, -0.2) is 4.68 Å². The monoisotopic (exact) mass is 285 g/mol. The molecule has 0 fully saturated rings. The molecule has 94 valence electrons. The Labute approximate surface area is 113 Å². The van der Waals surface area contributed by atoms with Crippen LogP contribution in [0.25, 0.3) is 5.69 Å². The van der Waals surface area contributed by atoms with Gasteiger partial charge in [-0.15, -0.1) is 5.10 Å². The van der Waals surface area contributed by atoms with Crippen LogP contribution in [0.3, 0.4) is 0 Å². The van der Waals surface area contributed by atoms with Gasteiger partial charge < -0.3 is 5.11 Å². The van der Waals surface area contributed by atoms with E-state index in [2.05, 4.69) is 10.3 Å². The van der Waals surface area contributed by atoms with Gasteiger partial charge in [-0.2, -0.15) is 0 Å². The Bertz CT molecular complexity index is 610. The fraction of sp³-hybridized carbons (Fsp3) is 0.182. The number of benzene rings is 1. The molecule has 2 aromatic rings. The maximum absolute atomic E-state index is 10.7. The summed E-state index contributed by atoms with van der Waals surface area (Å²) in [6.45, 7) is 1.83. The highest BCUT2D eigenvalue weighted by Crippen LogP contribution is 2.27. The lowest BCUT2D eigenvalue weighted by Gasteiger charge is -2.09. The summed E-state index contributed by atoms with van der Waals surface area (Å²) >= 11 is 12.1. The normalized spacial score (nSPS) is 10.6. The molecule has 2 rings (SSSR count). The van der Waals surface area contributed by atoms with Crippen LogP contribution >= 0.6 is 23.2 Å². The number of aryl methyl sites for hydroxylation is 1. The van der Waals surface area contributed by atoms with Crippen LogP contribution in [-0.4, -0.2) is 26.1 Å². The maximum Gasteiger partial charge on any atom is 0.309 e. The average Bonchev–Trinajstić information content (AvgIpc) is 2.70. The number of carboxylic acids is 1. The summed E-state index contributed by atoms with van der Waals surface area (Å²) < 4.78 is 1.38. The standard InChI is InChI=1S/C11H9Cl2N3O2/c1-6-2-9(13)10(4-8(6)12)16-7(3-11(17)18)5-14-15-16/h2,4-5H,3H2,1H3,(H,17,18). The first-order chi connectivity index (χ1) is 8.49. The van der Waals surface area contributed by atoms with Crippen molar-refractivity contribution in [1.29, 1.82) is 0 Å². The van der Waals surface area contributed by atoms with Crippen molar-refractivity contribution in [3.63, 3.8) is 0 Å². The van der Waals surface area contributed by atoms with Gasteiger partial charge in [0.25, 0.3) is 0 Å². The second-order valence-electron chi connectivity index (χ2n) is 3.76. The predicted molar refractivity (Wildman–Crippen MR) is 67.5 cm³/mol. The molecule has 0 unspecified atom stereocenters. The molecule has 0 radical (unpaired) electrons. The molecule has 1 aromatic carbocycles. The summed E-state index contributed by atoms with van der Waals surface area (Å²) in [5, 5.41) is 17.3. The highest BCUT2D eigenvalue weighted by Gasteiger charge is 2.14. The summed E-state index contributed by atoms with van der Waals surface area (Å²) in [7, 11) is 0. The third kappa shape index (κ3) is 2.47. The van der Waals surface area contributed by atoms with Crippen molar-refractivity contribution in [3.05, 3.63) is 39.6 Å². The van der Waals surface area contributed by atoms with E-state index in [4.69, 9.17) is 28.3 Å². The molecule has 7 heteroatoms. The van der Waals surface area contributed by atoms with E-state index in [0.717, 1.165) is 5.56 Å². The Morgan fingerprint density at radius 3 is 2.78 bits per heavy atom. The quantitative estimate of drug-likeness (QED) is 0.941. The molecule has 0 saturated carbocycles. The lowest BCUT2D eigenvalue weighted by Crippen LogP contribution is -2.08. The molecule has 0 aliphatic carbocycles.